The Balaban J connectivity index is 2.04. The van der Waals surface area contributed by atoms with Gasteiger partial charge in [-0.15, -0.1) is 0 Å². The Bertz CT molecular complexity index is 1000. The summed E-state index contributed by atoms with van der Waals surface area (Å²) < 4.78 is 45.9. The van der Waals surface area contributed by atoms with Crippen LogP contribution in [0.25, 0.3) is 0 Å². The first-order chi connectivity index (χ1) is 13.5. The highest BCUT2D eigenvalue weighted by molar-refractivity contribution is 7.92. The molecule has 0 spiro atoms. The Morgan fingerprint density at radius 1 is 1.17 bits per heavy atom. The molecule has 2 aromatic carbocycles. The maximum atomic E-state index is 13.8. The molecule has 6 nitrogen and oxygen atoms in total. The molecule has 1 saturated carbocycles. The summed E-state index contributed by atoms with van der Waals surface area (Å²) in [5, 5.41) is 1.64. The molecule has 0 unspecified atom stereocenters. The summed E-state index contributed by atoms with van der Waals surface area (Å²) in [6.45, 7) is 4.97. The number of nitrogens with two attached hydrogens (primary N) is 1. The lowest BCUT2D eigenvalue weighted by Crippen LogP contribution is -2.49. The van der Waals surface area contributed by atoms with Gasteiger partial charge in [-0.3, -0.25) is 0 Å². The van der Waals surface area contributed by atoms with Crippen molar-refractivity contribution in [3.63, 3.8) is 0 Å². The number of hydrogen-bond acceptors (Lipinski definition) is 5. The SMILES string of the molecule is CC(C)(C)OC(=O)N[C@@]1(CN)[C@H](c2cccc(F)c2)[C@@H]1S(=O)(=O)c1ccccc1. The van der Waals surface area contributed by atoms with E-state index in [1.807, 2.05) is 0 Å². The molecule has 29 heavy (non-hydrogen) atoms. The lowest BCUT2D eigenvalue weighted by Gasteiger charge is -2.24. The lowest BCUT2D eigenvalue weighted by molar-refractivity contribution is 0.0497. The molecule has 1 aliphatic carbocycles. The molecular formula is C21H25FN2O4S. The molecular weight excluding hydrogens is 395 g/mol. The van der Waals surface area contributed by atoms with Gasteiger partial charge in [-0.2, -0.15) is 0 Å². The fourth-order valence-corrected chi connectivity index (χ4v) is 6.09. The van der Waals surface area contributed by atoms with Crippen molar-refractivity contribution in [1.82, 2.24) is 5.32 Å². The Morgan fingerprint density at radius 2 is 1.83 bits per heavy atom. The third kappa shape index (κ3) is 4.13. The van der Waals surface area contributed by atoms with Crippen molar-refractivity contribution >= 4 is 15.9 Å². The summed E-state index contributed by atoms with van der Waals surface area (Å²) in [5.74, 6) is -1.20. The minimum Gasteiger partial charge on any atom is -0.444 e. The van der Waals surface area contributed by atoms with E-state index in [-0.39, 0.29) is 11.4 Å². The third-order valence-corrected chi connectivity index (χ3v) is 7.23. The predicted molar refractivity (Wildman–Crippen MR) is 108 cm³/mol. The molecule has 1 fully saturated rings. The summed E-state index contributed by atoms with van der Waals surface area (Å²) in [4.78, 5) is 12.6. The van der Waals surface area contributed by atoms with E-state index >= 15 is 0 Å². The van der Waals surface area contributed by atoms with Crippen LogP contribution < -0.4 is 11.1 Å². The highest BCUT2D eigenvalue weighted by atomic mass is 32.2. The first-order valence-electron chi connectivity index (χ1n) is 9.27. The van der Waals surface area contributed by atoms with Gasteiger partial charge in [0.05, 0.1) is 10.4 Å². The number of benzene rings is 2. The monoisotopic (exact) mass is 420 g/mol. The zero-order valence-electron chi connectivity index (χ0n) is 16.6. The third-order valence-electron chi connectivity index (χ3n) is 4.94. The van der Waals surface area contributed by atoms with Gasteiger partial charge in [-0.1, -0.05) is 30.3 Å². The second-order valence-corrected chi connectivity index (χ2v) is 10.3. The highest BCUT2D eigenvalue weighted by Crippen LogP contribution is 2.57. The molecule has 3 N–H and O–H groups in total. The van der Waals surface area contributed by atoms with Crippen LogP contribution in [0.1, 0.15) is 32.3 Å². The molecule has 0 saturated heterocycles. The van der Waals surface area contributed by atoms with E-state index in [1.54, 1.807) is 45.0 Å². The minimum absolute atomic E-state index is 0.118. The Kier molecular flexibility index (Phi) is 5.44. The van der Waals surface area contributed by atoms with Crippen LogP contribution in [0, 0.1) is 5.82 Å². The van der Waals surface area contributed by atoms with Gasteiger partial charge in [0.25, 0.3) is 0 Å². The first kappa shape index (κ1) is 21.3. The Labute approximate surface area is 170 Å². The summed E-state index contributed by atoms with van der Waals surface area (Å²) in [5.41, 5.74) is 4.37. The topological polar surface area (TPSA) is 98.5 Å². The molecule has 156 valence electrons. The van der Waals surface area contributed by atoms with Crippen LogP contribution in [-0.2, 0) is 14.6 Å². The van der Waals surface area contributed by atoms with Crippen molar-refractivity contribution < 1.29 is 22.3 Å². The number of carbonyl (C=O) groups excluding carboxylic acids is 1. The number of hydrogen-bond donors (Lipinski definition) is 2. The van der Waals surface area contributed by atoms with Gasteiger partial charge in [0.15, 0.2) is 9.84 Å². The largest absolute Gasteiger partial charge is 0.444 e. The van der Waals surface area contributed by atoms with E-state index in [4.69, 9.17) is 10.5 Å². The number of alkyl carbamates (subject to hydrolysis) is 1. The number of rotatable bonds is 5. The van der Waals surface area contributed by atoms with Gasteiger partial charge in [-0.25, -0.2) is 17.6 Å². The molecule has 0 bridgehead atoms. The molecule has 1 aliphatic rings. The smallest absolute Gasteiger partial charge is 0.408 e. The molecule has 0 radical (unpaired) electrons. The number of amides is 1. The molecule has 1 amide bonds. The van der Waals surface area contributed by atoms with Gasteiger partial charge in [0.2, 0.25) is 0 Å². The summed E-state index contributed by atoms with van der Waals surface area (Å²) in [6.07, 6.45) is -0.768. The van der Waals surface area contributed by atoms with Crippen molar-refractivity contribution in [3.05, 3.63) is 66.0 Å². The van der Waals surface area contributed by atoms with Crippen molar-refractivity contribution in [1.29, 1.82) is 0 Å². The first-order valence-corrected chi connectivity index (χ1v) is 10.8. The second-order valence-electron chi connectivity index (χ2n) is 8.18. The molecule has 8 heteroatoms. The lowest BCUT2D eigenvalue weighted by atomic mass is 10.1. The highest BCUT2D eigenvalue weighted by Gasteiger charge is 2.71. The molecule has 2 aromatic rings. The van der Waals surface area contributed by atoms with Gasteiger partial charge >= 0.3 is 6.09 Å². The standard InChI is InChI=1S/C21H25FN2O4S/c1-20(2,3)28-19(25)24-21(13-23)17(14-8-7-9-15(22)12-14)18(21)29(26,27)16-10-5-4-6-11-16/h4-12,17-18H,13,23H2,1-3H3,(H,24,25)/t17-,18+,21+/m1/s1. The quantitative estimate of drug-likeness (QED) is 0.775. The fraction of sp³-hybridized carbons (Fsp3) is 0.381. The van der Waals surface area contributed by atoms with Crippen molar-refractivity contribution in [2.24, 2.45) is 5.73 Å². The molecule has 3 rings (SSSR count). The van der Waals surface area contributed by atoms with Gasteiger partial charge in [0, 0.05) is 12.5 Å². The van der Waals surface area contributed by atoms with E-state index in [2.05, 4.69) is 5.32 Å². The van der Waals surface area contributed by atoms with Crippen LogP contribution in [0.2, 0.25) is 0 Å². The fourth-order valence-electron chi connectivity index (χ4n) is 3.73. The van der Waals surface area contributed by atoms with Crippen LogP contribution >= 0.6 is 0 Å². The van der Waals surface area contributed by atoms with Crippen molar-refractivity contribution in [2.75, 3.05) is 6.54 Å². The average Bonchev–Trinajstić information content (AvgIpc) is 3.30. The second kappa shape index (κ2) is 7.42. The number of halogens is 1. The van der Waals surface area contributed by atoms with Crippen LogP contribution in [0.15, 0.2) is 59.5 Å². The maximum absolute atomic E-state index is 13.8. The maximum Gasteiger partial charge on any atom is 0.408 e. The molecule has 0 heterocycles. The van der Waals surface area contributed by atoms with E-state index < -0.39 is 44.1 Å². The van der Waals surface area contributed by atoms with Crippen LogP contribution in [0.4, 0.5) is 9.18 Å². The summed E-state index contributed by atoms with van der Waals surface area (Å²) in [7, 11) is -3.86. The summed E-state index contributed by atoms with van der Waals surface area (Å²) >= 11 is 0. The zero-order chi connectivity index (χ0) is 21.4. The number of sulfone groups is 1. The van der Waals surface area contributed by atoms with Gasteiger partial charge < -0.3 is 15.8 Å². The van der Waals surface area contributed by atoms with Crippen molar-refractivity contribution in [3.8, 4) is 0 Å². The van der Waals surface area contributed by atoms with E-state index in [0.29, 0.717) is 5.56 Å². The van der Waals surface area contributed by atoms with Crippen molar-refractivity contribution in [2.45, 2.75) is 48.0 Å². The van der Waals surface area contributed by atoms with Crippen LogP contribution in [0.3, 0.4) is 0 Å². The van der Waals surface area contributed by atoms with Crippen LogP contribution in [-0.4, -0.2) is 37.4 Å². The summed E-state index contributed by atoms with van der Waals surface area (Å²) in [6, 6.07) is 13.6. The van der Waals surface area contributed by atoms with Crippen LogP contribution in [0.5, 0.6) is 0 Å². The predicted octanol–water partition coefficient (Wildman–Crippen LogP) is 2.99. The molecule has 0 aromatic heterocycles. The Morgan fingerprint density at radius 3 is 2.38 bits per heavy atom. The van der Waals surface area contributed by atoms with E-state index in [0.717, 1.165) is 0 Å². The zero-order valence-corrected chi connectivity index (χ0v) is 17.4. The number of carbonyl (C=O) groups is 1. The Hall–Kier alpha value is -2.45. The van der Waals surface area contributed by atoms with E-state index in [1.165, 1.54) is 30.3 Å². The van der Waals surface area contributed by atoms with E-state index in [9.17, 15) is 17.6 Å². The minimum atomic E-state index is -3.86. The molecule has 0 aliphatic heterocycles. The number of ether oxygens (including phenoxy) is 1. The molecule has 3 atom stereocenters. The average molecular weight is 421 g/mol. The van der Waals surface area contributed by atoms with Gasteiger partial charge in [0.1, 0.15) is 16.7 Å². The normalized spacial score (nSPS) is 24.0. The van der Waals surface area contributed by atoms with Gasteiger partial charge in [-0.05, 0) is 50.6 Å². The number of nitrogens with one attached hydrogen (secondary N) is 1.